The van der Waals surface area contributed by atoms with Crippen LogP contribution in [0.15, 0.2) is 24.4 Å². The van der Waals surface area contributed by atoms with Crippen molar-refractivity contribution < 1.29 is 9.53 Å². The summed E-state index contributed by atoms with van der Waals surface area (Å²) < 4.78 is 5.44. The first kappa shape index (κ1) is 18.5. The number of nitrogens with one attached hydrogen (secondary N) is 3. The number of anilines is 1. The Bertz CT molecular complexity index is 1000. The van der Waals surface area contributed by atoms with Gasteiger partial charge in [0.1, 0.15) is 0 Å². The number of morpholine rings is 1. The molecule has 5 rings (SSSR count). The highest BCUT2D eigenvalue weighted by molar-refractivity contribution is 7.19. The number of ether oxygens (including phenoxy) is 1. The molecule has 8 nitrogen and oxygen atoms in total. The molecule has 2 aliphatic rings. The number of aromatic nitrogens is 3. The second-order valence-electron chi connectivity index (χ2n) is 7.40. The van der Waals surface area contributed by atoms with Gasteiger partial charge in [0.05, 0.1) is 34.2 Å². The van der Waals surface area contributed by atoms with Crippen LogP contribution in [0.25, 0.3) is 21.9 Å². The van der Waals surface area contributed by atoms with Crippen LogP contribution < -0.4 is 15.5 Å². The van der Waals surface area contributed by atoms with Gasteiger partial charge in [-0.05, 0) is 37.6 Å². The van der Waals surface area contributed by atoms with E-state index in [1.54, 1.807) is 23.6 Å². The van der Waals surface area contributed by atoms with Crippen LogP contribution in [0.4, 0.5) is 5.00 Å². The van der Waals surface area contributed by atoms with Crippen molar-refractivity contribution in [3.8, 4) is 10.7 Å². The predicted octanol–water partition coefficient (Wildman–Crippen LogP) is 2.00. The van der Waals surface area contributed by atoms with E-state index in [-0.39, 0.29) is 11.9 Å². The normalized spacial score (nSPS) is 20.1. The van der Waals surface area contributed by atoms with Crippen LogP contribution in [0.5, 0.6) is 0 Å². The number of piperidine rings is 1. The first-order chi connectivity index (χ1) is 14.3. The molecule has 2 saturated heterocycles. The molecule has 2 aliphatic heterocycles. The zero-order valence-electron chi connectivity index (χ0n) is 16.1. The number of imidazole rings is 1. The zero-order chi connectivity index (χ0) is 19.6. The van der Waals surface area contributed by atoms with Crippen molar-refractivity contribution in [2.45, 2.75) is 18.9 Å². The summed E-state index contributed by atoms with van der Waals surface area (Å²) in [6.07, 6.45) is 3.73. The number of nitrogens with zero attached hydrogens (tertiary/aromatic N) is 3. The maximum Gasteiger partial charge on any atom is 0.253 e. The minimum atomic E-state index is -0.0820. The highest BCUT2D eigenvalue weighted by Gasteiger charge is 2.21. The molecule has 0 bridgehead atoms. The van der Waals surface area contributed by atoms with E-state index in [1.165, 1.54) is 5.00 Å². The van der Waals surface area contributed by atoms with Crippen molar-refractivity contribution in [3.05, 3.63) is 30.0 Å². The number of thiophene rings is 1. The smallest absolute Gasteiger partial charge is 0.253 e. The monoisotopic (exact) mass is 412 g/mol. The molecule has 9 heteroatoms. The Morgan fingerprint density at radius 1 is 1.28 bits per heavy atom. The van der Waals surface area contributed by atoms with Gasteiger partial charge in [0.25, 0.3) is 5.91 Å². The maximum absolute atomic E-state index is 12.9. The summed E-state index contributed by atoms with van der Waals surface area (Å²) in [4.78, 5) is 28.5. The fourth-order valence-electron chi connectivity index (χ4n) is 3.86. The summed E-state index contributed by atoms with van der Waals surface area (Å²) in [5.74, 6) is 0.665. The fraction of sp³-hybridized carbons (Fsp3) is 0.450. The number of aromatic amines is 1. The number of carbonyl (C=O) groups is 1. The summed E-state index contributed by atoms with van der Waals surface area (Å²) in [6.45, 7) is 5.16. The van der Waals surface area contributed by atoms with Crippen molar-refractivity contribution >= 4 is 33.4 Å². The summed E-state index contributed by atoms with van der Waals surface area (Å²) >= 11 is 1.69. The topological polar surface area (TPSA) is 95.2 Å². The van der Waals surface area contributed by atoms with Crippen molar-refractivity contribution in [1.29, 1.82) is 0 Å². The molecule has 152 valence electrons. The van der Waals surface area contributed by atoms with Crippen LogP contribution in [-0.2, 0) is 4.74 Å². The average Bonchev–Trinajstić information content (AvgIpc) is 3.42. The number of amides is 1. The van der Waals surface area contributed by atoms with Crippen LogP contribution in [0.3, 0.4) is 0 Å². The van der Waals surface area contributed by atoms with E-state index in [4.69, 9.17) is 4.74 Å². The number of hydrogen-bond acceptors (Lipinski definition) is 7. The van der Waals surface area contributed by atoms with Gasteiger partial charge >= 0.3 is 0 Å². The Hall–Kier alpha value is -2.49. The van der Waals surface area contributed by atoms with Gasteiger partial charge in [-0.3, -0.25) is 4.79 Å². The molecule has 0 aliphatic carbocycles. The lowest BCUT2D eigenvalue weighted by molar-refractivity contribution is 0.0932. The average molecular weight is 413 g/mol. The van der Waals surface area contributed by atoms with E-state index in [2.05, 4.69) is 42.6 Å². The number of fused-ring (bicyclic) bond motifs is 1. The van der Waals surface area contributed by atoms with Gasteiger partial charge in [-0.25, -0.2) is 9.97 Å². The third-order valence-electron chi connectivity index (χ3n) is 5.42. The number of H-pyrrole nitrogens is 1. The Labute approximate surface area is 172 Å². The Morgan fingerprint density at radius 3 is 3.00 bits per heavy atom. The summed E-state index contributed by atoms with van der Waals surface area (Å²) in [7, 11) is 0. The van der Waals surface area contributed by atoms with Gasteiger partial charge in [-0.1, -0.05) is 0 Å². The number of hydrogen-bond donors (Lipinski definition) is 3. The standard InChI is InChI=1S/C20H24N6O2S/c27-20(23-13-2-1-6-21-12-13)14-5-7-22-19-17(14)24-18(25-19)15-3-4-16(29-15)26-8-10-28-11-9-26/h3-5,7,13,21H,1-2,6,8-12H2,(H,23,27)(H,22,24,25)/t13-/m0/s1. The molecule has 3 aromatic heterocycles. The fourth-order valence-corrected chi connectivity index (χ4v) is 4.87. The van der Waals surface area contributed by atoms with Gasteiger partial charge in [-0.2, -0.15) is 0 Å². The number of rotatable bonds is 4. The van der Waals surface area contributed by atoms with Crippen molar-refractivity contribution in [1.82, 2.24) is 25.6 Å². The second-order valence-corrected chi connectivity index (χ2v) is 8.46. The highest BCUT2D eigenvalue weighted by Crippen LogP contribution is 2.33. The zero-order valence-corrected chi connectivity index (χ0v) is 16.9. The van der Waals surface area contributed by atoms with Crippen LogP contribution in [0.1, 0.15) is 23.2 Å². The third-order valence-corrected chi connectivity index (χ3v) is 6.57. The van der Waals surface area contributed by atoms with Gasteiger partial charge in [0, 0.05) is 31.9 Å². The SMILES string of the molecule is O=C(N[C@H]1CCCNC1)c1ccnc2nc(-c3ccc(N4CCOCC4)s3)[nH]c12. The van der Waals surface area contributed by atoms with Crippen molar-refractivity contribution in [2.24, 2.45) is 0 Å². The molecule has 0 saturated carbocycles. The molecule has 3 N–H and O–H groups in total. The van der Waals surface area contributed by atoms with E-state index in [0.29, 0.717) is 16.7 Å². The third kappa shape index (κ3) is 3.85. The minimum Gasteiger partial charge on any atom is -0.378 e. The van der Waals surface area contributed by atoms with Gasteiger partial charge < -0.3 is 25.3 Å². The molecule has 5 heterocycles. The molecular weight excluding hydrogens is 388 g/mol. The van der Waals surface area contributed by atoms with E-state index in [1.807, 2.05) is 0 Å². The first-order valence-corrected chi connectivity index (χ1v) is 10.9. The first-order valence-electron chi connectivity index (χ1n) is 10.1. The summed E-state index contributed by atoms with van der Waals surface area (Å²) in [6, 6.07) is 6.11. The molecule has 1 atom stereocenters. The molecule has 29 heavy (non-hydrogen) atoms. The molecule has 3 aromatic rings. The van der Waals surface area contributed by atoms with Gasteiger partial charge in [0.15, 0.2) is 11.5 Å². The lowest BCUT2D eigenvalue weighted by Crippen LogP contribution is -2.45. The lowest BCUT2D eigenvalue weighted by atomic mass is 10.1. The quantitative estimate of drug-likeness (QED) is 0.607. The van der Waals surface area contributed by atoms with Crippen LogP contribution >= 0.6 is 11.3 Å². The van der Waals surface area contributed by atoms with Crippen LogP contribution in [-0.4, -0.2) is 66.3 Å². The molecule has 2 fully saturated rings. The van der Waals surface area contributed by atoms with Crippen molar-refractivity contribution in [3.63, 3.8) is 0 Å². The molecule has 0 spiro atoms. The van der Waals surface area contributed by atoms with E-state index < -0.39 is 0 Å². The second kappa shape index (κ2) is 8.10. The van der Waals surface area contributed by atoms with Gasteiger partial charge in [0.2, 0.25) is 0 Å². The molecular formula is C20H24N6O2S. The number of carbonyl (C=O) groups excluding carboxylic acids is 1. The molecule has 0 radical (unpaired) electrons. The van der Waals surface area contributed by atoms with Crippen LogP contribution in [0, 0.1) is 0 Å². The summed E-state index contributed by atoms with van der Waals surface area (Å²) in [5, 5.41) is 7.66. The van der Waals surface area contributed by atoms with Crippen molar-refractivity contribution in [2.75, 3.05) is 44.3 Å². The van der Waals surface area contributed by atoms with E-state index in [9.17, 15) is 4.79 Å². The maximum atomic E-state index is 12.9. The number of pyridine rings is 1. The van der Waals surface area contributed by atoms with Crippen LogP contribution in [0.2, 0.25) is 0 Å². The lowest BCUT2D eigenvalue weighted by Gasteiger charge is -2.27. The van der Waals surface area contributed by atoms with E-state index in [0.717, 1.165) is 62.9 Å². The van der Waals surface area contributed by atoms with Gasteiger partial charge in [-0.15, -0.1) is 11.3 Å². The summed E-state index contributed by atoms with van der Waals surface area (Å²) in [5.41, 5.74) is 1.84. The Morgan fingerprint density at radius 2 is 2.17 bits per heavy atom. The minimum absolute atomic E-state index is 0.0820. The molecule has 0 unspecified atom stereocenters. The van der Waals surface area contributed by atoms with E-state index >= 15 is 0 Å². The Kier molecular flexibility index (Phi) is 5.17. The molecule has 0 aromatic carbocycles. The largest absolute Gasteiger partial charge is 0.378 e. The predicted molar refractivity (Wildman–Crippen MR) is 114 cm³/mol. The highest BCUT2D eigenvalue weighted by atomic mass is 32.1. The molecule has 1 amide bonds. The Balaban J connectivity index is 1.40.